The number of aryl methyl sites for hydroxylation is 1. The van der Waals surface area contributed by atoms with Crippen LogP contribution in [0, 0.1) is 6.92 Å². The van der Waals surface area contributed by atoms with E-state index in [-0.39, 0.29) is 0 Å². The van der Waals surface area contributed by atoms with Crippen molar-refractivity contribution in [2.24, 2.45) is 0 Å². The van der Waals surface area contributed by atoms with E-state index in [1.807, 2.05) is 25.1 Å². The highest BCUT2D eigenvalue weighted by atomic mass is 35.5. The van der Waals surface area contributed by atoms with Crippen molar-refractivity contribution >= 4 is 34.3 Å². The van der Waals surface area contributed by atoms with Gasteiger partial charge in [-0.05, 0) is 19.1 Å². The van der Waals surface area contributed by atoms with E-state index in [0.717, 1.165) is 22.2 Å². The second-order valence-corrected chi connectivity index (χ2v) is 5.06. The molecule has 5 nitrogen and oxygen atoms in total. The number of fused-ring (bicyclic) bond motifs is 1. The minimum absolute atomic E-state index is 0.537. The summed E-state index contributed by atoms with van der Waals surface area (Å²) >= 11 is 6.30. The first kappa shape index (κ1) is 13.6. The molecule has 2 heterocycles. The maximum absolute atomic E-state index is 6.30. The Morgan fingerprint density at radius 2 is 2.00 bits per heavy atom. The number of benzene rings is 1. The topological polar surface area (TPSA) is 76.7 Å². The van der Waals surface area contributed by atoms with Crippen LogP contribution in [0.3, 0.4) is 0 Å². The fraction of sp³-hybridized carbons (Fsp3) is 0.133. The summed E-state index contributed by atoms with van der Waals surface area (Å²) in [6.45, 7) is 1.93. The normalized spacial score (nSPS) is 10.8. The van der Waals surface area contributed by atoms with E-state index in [1.54, 1.807) is 19.3 Å². The Balaban J connectivity index is 2.24. The highest BCUT2D eigenvalue weighted by Gasteiger charge is 2.12. The zero-order chi connectivity index (χ0) is 15.0. The van der Waals surface area contributed by atoms with Crippen molar-refractivity contribution in [3.05, 3.63) is 41.2 Å². The lowest BCUT2D eigenvalue weighted by Crippen LogP contribution is -1.99. The molecule has 0 bridgehead atoms. The van der Waals surface area contributed by atoms with Crippen LogP contribution in [0.25, 0.3) is 22.2 Å². The van der Waals surface area contributed by atoms with Crippen molar-refractivity contribution in [1.82, 2.24) is 15.0 Å². The summed E-state index contributed by atoms with van der Waals surface area (Å²) in [6, 6.07) is 7.56. The van der Waals surface area contributed by atoms with Gasteiger partial charge in [0.1, 0.15) is 0 Å². The zero-order valence-corrected chi connectivity index (χ0v) is 12.4. The number of nitrogens with two attached hydrogens (primary N) is 1. The first-order chi connectivity index (χ1) is 10.1. The first-order valence-electron chi connectivity index (χ1n) is 6.46. The summed E-state index contributed by atoms with van der Waals surface area (Å²) in [7, 11) is 1.77. The summed E-state index contributed by atoms with van der Waals surface area (Å²) < 4.78 is 0. The van der Waals surface area contributed by atoms with Crippen LogP contribution in [0.1, 0.15) is 5.69 Å². The molecule has 21 heavy (non-hydrogen) atoms. The van der Waals surface area contributed by atoms with Crippen molar-refractivity contribution in [3.8, 4) is 11.1 Å². The van der Waals surface area contributed by atoms with Crippen LogP contribution in [0.4, 0.5) is 11.6 Å². The van der Waals surface area contributed by atoms with E-state index >= 15 is 0 Å². The molecular formula is C15H14ClN5. The third-order valence-corrected chi connectivity index (χ3v) is 3.72. The molecule has 2 aromatic heterocycles. The number of nitrogens with one attached hydrogen (secondary N) is 1. The Morgan fingerprint density at radius 1 is 1.19 bits per heavy atom. The smallest absolute Gasteiger partial charge is 0.224 e. The lowest BCUT2D eigenvalue weighted by atomic mass is 10.0. The van der Waals surface area contributed by atoms with Gasteiger partial charge in [0.05, 0.1) is 10.7 Å². The molecule has 0 aliphatic heterocycles. The van der Waals surface area contributed by atoms with Crippen LogP contribution in [0.15, 0.2) is 30.5 Å². The number of rotatable bonds is 2. The van der Waals surface area contributed by atoms with Gasteiger partial charge in [0.25, 0.3) is 0 Å². The molecule has 0 spiro atoms. The standard InChI is InChI=1S/C15H14ClN5/c1-8-11(10-4-3-5-12(17)13(10)16)6-9-7-19-15(18-2)21-14(9)20-8/h3-7H,17H2,1-2H3,(H,18,19,20,21). The molecule has 3 N–H and O–H groups in total. The maximum atomic E-state index is 6.30. The highest BCUT2D eigenvalue weighted by Crippen LogP contribution is 2.34. The van der Waals surface area contributed by atoms with Crippen LogP contribution in [0.2, 0.25) is 5.02 Å². The summed E-state index contributed by atoms with van der Waals surface area (Å²) in [4.78, 5) is 13.1. The van der Waals surface area contributed by atoms with E-state index in [1.165, 1.54) is 0 Å². The molecule has 0 aliphatic rings. The van der Waals surface area contributed by atoms with Crippen LogP contribution in [-0.2, 0) is 0 Å². The van der Waals surface area contributed by atoms with E-state index in [2.05, 4.69) is 20.3 Å². The van der Waals surface area contributed by atoms with Gasteiger partial charge in [-0.3, -0.25) is 0 Å². The maximum Gasteiger partial charge on any atom is 0.224 e. The predicted molar refractivity (Wildman–Crippen MR) is 86.5 cm³/mol. The van der Waals surface area contributed by atoms with Gasteiger partial charge < -0.3 is 11.1 Å². The third-order valence-electron chi connectivity index (χ3n) is 3.30. The molecule has 106 valence electrons. The fourth-order valence-corrected chi connectivity index (χ4v) is 2.43. The van der Waals surface area contributed by atoms with Crippen molar-refractivity contribution in [2.75, 3.05) is 18.1 Å². The van der Waals surface area contributed by atoms with Gasteiger partial charge in [0.2, 0.25) is 5.95 Å². The number of hydrogen-bond donors (Lipinski definition) is 2. The predicted octanol–water partition coefficient (Wildman–Crippen LogP) is 3.28. The van der Waals surface area contributed by atoms with E-state index < -0.39 is 0 Å². The van der Waals surface area contributed by atoms with E-state index in [4.69, 9.17) is 17.3 Å². The lowest BCUT2D eigenvalue weighted by Gasteiger charge is -2.10. The van der Waals surface area contributed by atoms with Crippen LogP contribution in [-0.4, -0.2) is 22.0 Å². The molecule has 0 saturated carbocycles. The number of nitrogen functional groups attached to an aromatic ring is 1. The van der Waals surface area contributed by atoms with Gasteiger partial charge in [-0.2, -0.15) is 4.98 Å². The monoisotopic (exact) mass is 299 g/mol. The van der Waals surface area contributed by atoms with Crippen molar-refractivity contribution in [3.63, 3.8) is 0 Å². The second-order valence-electron chi connectivity index (χ2n) is 4.69. The van der Waals surface area contributed by atoms with Crippen molar-refractivity contribution < 1.29 is 0 Å². The Bertz CT molecular complexity index is 832. The average Bonchev–Trinajstić information content (AvgIpc) is 2.49. The molecule has 0 aliphatic carbocycles. The molecule has 6 heteroatoms. The van der Waals surface area contributed by atoms with Gasteiger partial charge in [-0.1, -0.05) is 23.7 Å². The number of halogens is 1. The minimum Gasteiger partial charge on any atom is -0.398 e. The van der Waals surface area contributed by atoms with Gasteiger partial charge in [0.15, 0.2) is 5.65 Å². The van der Waals surface area contributed by atoms with E-state index in [9.17, 15) is 0 Å². The summed E-state index contributed by atoms with van der Waals surface area (Å²) in [5, 5.41) is 4.29. The van der Waals surface area contributed by atoms with Crippen LogP contribution >= 0.6 is 11.6 Å². The van der Waals surface area contributed by atoms with Gasteiger partial charge in [-0.15, -0.1) is 0 Å². The highest BCUT2D eigenvalue weighted by molar-refractivity contribution is 6.35. The molecule has 0 amide bonds. The molecule has 3 aromatic rings. The van der Waals surface area contributed by atoms with Gasteiger partial charge in [0, 0.05) is 35.5 Å². The minimum atomic E-state index is 0.537. The lowest BCUT2D eigenvalue weighted by molar-refractivity contribution is 1.14. The van der Waals surface area contributed by atoms with Gasteiger partial charge >= 0.3 is 0 Å². The van der Waals surface area contributed by atoms with E-state index in [0.29, 0.717) is 22.3 Å². The second kappa shape index (κ2) is 5.18. The number of hydrogen-bond acceptors (Lipinski definition) is 5. The number of aromatic nitrogens is 3. The number of anilines is 2. The molecule has 0 atom stereocenters. The Hall–Kier alpha value is -2.40. The van der Waals surface area contributed by atoms with Crippen LogP contribution < -0.4 is 11.1 Å². The average molecular weight is 300 g/mol. The summed E-state index contributed by atoms with van der Waals surface area (Å²) in [6.07, 6.45) is 1.74. The molecular weight excluding hydrogens is 286 g/mol. The molecule has 0 fully saturated rings. The molecule has 1 aromatic carbocycles. The zero-order valence-electron chi connectivity index (χ0n) is 11.7. The fourth-order valence-electron chi connectivity index (χ4n) is 2.20. The van der Waals surface area contributed by atoms with Gasteiger partial charge in [-0.25, -0.2) is 9.97 Å². The molecule has 3 rings (SSSR count). The Kier molecular flexibility index (Phi) is 3.35. The quantitative estimate of drug-likeness (QED) is 0.710. The molecule has 0 saturated heterocycles. The molecule has 0 radical (unpaired) electrons. The first-order valence-corrected chi connectivity index (χ1v) is 6.84. The molecule has 0 unspecified atom stereocenters. The van der Waals surface area contributed by atoms with Crippen molar-refractivity contribution in [2.45, 2.75) is 6.92 Å². The number of nitrogens with zero attached hydrogens (tertiary/aromatic N) is 3. The van der Waals surface area contributed by atoms with Crippen molar-refractivity contribution in [1.29, 1.82) is 0 Å². The summed E-state index contributed by atoms with van der Waals surface area (Å²) in [5.74, 6) is 0.545. The summed E-state index contributed by atoms with van der Waals surface area (Å²) in [5.41, 5.74) is 9.71. The Morgan fingerprint density at radius 3 is 2.76 bits per heavy atom. The Labute approximate surface area is 127 Å². The van der Waals surface area contributed by atoms with Crippen LogP contribution in [0.5, 0.6) is 0 Å². The third kappa shape index (κ3) is 2.36. The largest absolute Gasteiger partial charge is 0.398 e. The SMILES string of the molecule is CNc1ncc2cc(-c3cccc(N)c3Cl)c(C)nc2n1. The number of pyridine rings is 1.